The Labute approximate surface area is 124 Å². The summed E-state index contributed by atoms with van der Waals surface area (Å²) in [4.78, 5) is 9.14. The van der Waals surface area contributed by atoms with Crippen molar-refractivity contribution in [3.05, 3.63) is 63.4 Å². The smallest absolute Gasteiger partial charge is 0.280 e. The molecule has 2 aromatic rings. The number of hydrogen-bond acceptors (Lipinski definition) is 4. The van der Waals surface area contributed by atoms with E-state index in [4.69, 9.17) is 11.6 Å². The highest BCUT2D eigenvalue weighted by Gasteiger charge is 2.20. The number of nitrogens with zero attached hydrogens (tertiary/aromatic N) is 1. The highest BCUT2D eigenvalue weighted by Crippen LogP contribution is 2.23. The normalized spacial score (nSPS) is 11.1. The molecule has 0 unspecified atom stereocenters. The number of nitro groups is 1. The van der Waals surface area contributed by atoms with Gasteiger partial charge in [-0.15, -0.1) is 0 Å². The molecule has 110 valence electrons. The van der Waals surface area contributed by atoms with Crippen molar-refractivity contribution in [1.82, 2.24) is 0 Å². The minimum atomic E-state index is -4.07. The van der Waals surface area contributed by atoms with Gasteiger partial charge in [-0.3, -0.25) is 14.8 Å². The van der Waals surface area contributed by atoms with Crippen LogP contribution in [0.4, 0.5) is 15.8 Å². The Morgan fingerprint density at radius 1 is 1.19 bits per heavy atom. The largest absolute Gasteiger partial charge is 0.304 e. The van der Waals surface area contributed by atoms with Gasteiger partial charge in [0.15, 0.2) is 0 Å². The molecule has 0 aliphatic rings. The third-order valence-corrected chi connectivity index (χ3v) is 4.12. The van der Waals surface area contributed by atoms with Gasteiger partial charge in [0.1, 0.15) is 0 Å². The Bertz CT molecular complexity index is 811. The summed E-state index contributed by atoms with van der Waals surface area (Å²) in [7, 11) is -4.07. The van der Waals surface area contributed by atoms with Crippen LogP contribution >= 0.6 is 11.6 Å². The van der Waals surface area contributed by atoms with E-state index in [1.807, 2.05) is 0 Å². The van der Waals surface area contributed by atoms with E-state index in [-0.39, 0.29) is 5.69 Å². The lowest BCUT2D eigenvalue weighted by Gasteiger charge is -2.08. The maximum atomic E-state index is 13.5. The molecule has 6 nitrogen and oxygen atoms in total. The fraction of sp³-hybridized carbons (Fsp3) is 0. The maximum Gasteiger partial charge on any atom is 0.304 e. The van der Waals surface area contributed by atoms with Crippen LogP contribution in [0.2, 0.25) is 5.02 Å². The van der Waals surface area contributed by atoms with E-state index >= 15 is 0 Å². The predicted octanol–water partition coefficient (Wildman–Crippen LogP) is 3.19. The fourth-order valence-corrected chi connectivity index (χ4v) is 2.82. The maximum absolute atomic E-state index is 13.5. The summed E-state index contributed by atoms with van der Waals surface area (Å²) in [5.74, 6) is -1.23. The lowest BCUT2D eigenvalue weighted by atomic mass is 10.3. The highest BCUT2D eigenvalue weighted by atomic mass is 35.5. The van der Waals surface area contributed by atoms with Gasteiger partial charge in [0, 0.05) is 17.2 Å². The van der Waals surface area contributed by atoms with Gasteiger partial charge in [-0.2, -0.15) is 4.39 Å². The summed E-state index contributed by atoms with van der Waals surface area (Å²) in [5.41, 5.74) is -0.599. The molecule has 0 saturated carbocycles. The number of benzene rings is 2. The molecule has 21 heavy (non-hydrogen) atoms. The Balaban J connectivity index is 2.36. The first-order chi connectivity index (χ1) is 9.79. The van der Waals surface area contributed by atoms with Crippen LogP contribution in [0, 0.1) is 15.9 Å². The van der Waals surface area contributed by atoms with Gasteiger partial charge in [-0.1, -0.05) is 17.7 Å². The molecule has 0 heterocycles. The number of rotatable bonds is 4. The van der Waals surface area contributed by atoms with Crippen LogP contribution in [0.25, 0.3) is 0 Å². The third-order valence-electron chi connectivity index (χ3n) is 2.50. The second-order valence-electron chi connectivity index (χ2n) is 3.99. The van der Waals surface area contributed by atoms with Crippen LogP contribution in [0.5, 0.6) is 0 Å². The molecule has 0 aliphatic carbocycles. The molecule has 0 radical (unpaired) electrons. The summed E-state index contributed by atoms with van der Waals surface area (Å²) in [6.07, 6.45) is 0. The summed E-state index contributed by atoms with van der Waals surface area (Å²) in [6.45, 7) is 0. The van der Waals surface area contributed by atoms with Crippen molar-refractivity contribution in [3.63, 3.8) is 0 Å². The molecule has 0 atom stereocenters. The molecule has 0 amide bonds. The van der Waals surface area contributed by atoms with Crippen molar-refractivity contribution in [1.29, 1.82) is 0 Å². The highest BCUT2D eigenvalue weighted by molar-refractivity contribution is 7.92. The average molecular weight is 331 g/mol. The van der Waals surface area contributed by atoms with E-state index in [2.05, 4.69) is 4.72 Å². The van der Waals surface area contributed by atoms with E-state index in [1.54, 1.807) is 6.07 Å². The Morgan fingerprint density at radius 2 is 1.90 bits per heavy atom. The summed E-state index contributed by atoms with van der Waals surface area (Å²) < 4.78 is 39.8. The molecule has 0 aromatic heterocycles. The van der Waals surface area contributed by atoms with Gasteiger partial charge in [0.05, 0.1) is 15.5 Å². The molecular weight excluding hydrogens is 323 g/mol. The number of anilines is 1. The van der Waals surface area contributed by atoms with Gasteiger partial charge in [-0.05, 0) is 24.3 Å². The molecule has 2 rings (SSSR count). The second-order valence-corrected chi connectivity index (χ2v) is 6.11. The van der Waals surface area contributed by atoms with Crippen molar-refractivity contribution in [2.45, 2.75) is 4.90 Å². The molecule has 0 bridgehead atoms. The first-order valence-electron chi connectivity index (χ1n) is 5.52. The van der Waals surface area contributed by atoms with Crippen molar-refractivity contribution >= 4 is 33.0 Å². The number of hydrogen-bond donors (Lipinski definition) is 1. The predicted molar refractivity (Wildman–Crippen MR) is 75.3 cm³/mol. The Kier molecular flexibility index (Phi) is 4.10. The summed E-state index contributed by atoms with van der Waals surface area (Å²) in [5, 5.41) is 10.8. The van der Waals surface area contributed by atoms with Gasteiger partial charge < -0.3 is 0 Å². The standard InChI is InChI=1S/C12H8ClFN2O4S/c13-8-2-1-3-9(6-8)15-21(19,20)10-4-5-12(16(17)18)11(14)7-10/h1-7,15H. The van der Waals surface area contributed by atoms with Crippen molar-refractivity contribution in [3.8, 4) is 0 Å². The van der Waals surface area contributed by atoms with Crippen LogP contribution in [-0.2, 0) is 10.0 Å². The van der Waals surface area contributed by atoms with E-state index < -0.39 is 31.3 Å². The zero-order valence-electron chi connectivity index (χ0n) is 10.3. The Hall–Kier alpha value is -2.19. The summed E-state index contributed by atoms with van der Waals surface area (Å²) in [6, 6.07) is 8.27. The van der Waals surface area contributed by atoms with Gasteiger partial charge in [-0.25, -0.2) is 8.42 Å². The SMILES string of the molecule is O=[N+]([O-])c1ccc(S(=O)(=O)Nc2cccc(Cl)c2)cc1F. The van der Waals surface area contributed by atoms with E-state index in [0.29, 0.717) is 11.1 Å². The molecule has 2 aromatic carbocycles. The molecule has 1 N–H and O–H groups in total. The summed E-state index contributed by atoms with van der Waals surface area (Å²) >= 11 is 5.73. The van der Waals surface area contributed by atoms with Gasteiger partial charge in [0.25, 0.3) is 10.0 Å². The number of sulfonamides is 1. The van der Waals surface area contributed by atoms with Gasteiger partial charge in [0.2, 0.25) is 5.82 Å². The number of nitro benzene ring substituents is 1. The topological polar surface area (TPSA) is 89.3 Å². The lowest BCUT2D eigenvalue weighted by molar-refractivity contribution is -0.387. The molecule has 0 saturated heterocycles. The molecule has 9 heteroatoms. The van der Waals surface area contributed by atoms with Crippen LogP contribution in [0.3, 0.4) is 0 Å². The van der Waals surface area contributed by atoms with Crippen LogP contribution < -0.4 is 4.72 Å². The molecule has 0 fully saturated rings. The van der Waals surface area contributed by atoms with Crippen LogP contribution in [0.15, 0.2) is 47.4 Å². The van der Waals surface area contributed by atoms with Crippen molar-refractivity contribution < 1.29 is 17.7 Å². The average Bonchev–Trinajstić information content (AvgIpc) is 2.37. The Morgan fingerprint density at radius 3 is 2.48 bits per heavy atom. The molecular formula is C12H8ClFN2O4S. The zero-order valence-corrected chi connectivity index (χ0v) is 11.9. The molecule has 0 aliphatic heterocycles. The van der Waals surface area contributed by atoms with Crippen molar-refractivity contribution in [2.24, 2.45) is 0 Å². The van der Waals surface area contributed by atoms with E-state index in [1.165, 1.54) is 18.2 Å². The first-order valence-corrected chi connectivity index (χ1v) is 7.38. The minimum Gasteiger partial charge on any atom is -0.280 e. The van der Waals surface area contributed by atoms with Crippen LogP contribution in [-0.4, -0.2) is 13.3 Å². The first kappa shape index (κ1) is 15.2. The van der Waals surface area contributed by atoms with Crippen LogP contribution in [0.1, 0.15) is 0 Å². The third kappa shape index (κ3) is 3.47. The van der Waals surface area contributed by atoms with Crippen molar-refractivity contribution in [2.75, 3.05) is 4.72 Å². The van der Waals surface area contributed by atoms with E-state index in [9.17, 15) is 22.9 Å². The number of halogens is 2. The quantitative estimate of drug-likeness (QED) is 0.688. The fourth-order valence-electron chi connectivity index (χ4n) is 1.57. The second kappa shape index (κ2) is 5.66. The van der Waals surface area contributed by atoms with E-state index in [0.717, 1.165) is 12.1 Å². The minimum absolute atomic E-state index is 0.196. The lowest BCUT2D eigenvalue weighted by Crippen LogP contribution is -2.13. The molecule has 0 spiro atoms. The monoisotopic (exact) mass is 330 g/mol. The van der Waals surface area contributed by atoms with Gasteiger partial charge >= 0.3 is 5.69 Å². The number of nitrogens with one attached hydrogen (secondary N) is 1. The zero-order chi connectivity index (χ0) is 15.6.